The smallest absolute Gasteiger partial charge is 0.120 e. The van der Waals surface area contributed by atoms with Crippen molar-refractivity contribution in [1.29, 1.82) is 0 Å². The molecule has 2 nitrogen and oxygen atoms in total. The van der Waals surface area contributed by atoms with Crippen LogP contribution in [-0.4, -0.2) is 12.6 Å². The van der Waals surface area contributed by atoms with Gasteiger partial charge in [0.1, 0.15) is 11.9 Å². The summed E-state index contributed by atoms with van der Waals surface area (Å²) in [6, 6.07) is 6.39. The zero-order chi connectivity index (χ0) is 9.97. The van der Waals surface area contributed by atoms with Crippen LogP contribution < -0.4 is 10.5 Å². The molecule has 0 aliphatic heterocycles. The predicted octanol–water partition coefficient (Wildman–Crippen LogP) is 1.90. The van der Waals surface area contributed by atoms with Crippen LogP contribution in [-0.2, 0) is 12.8 Å². The molecule has 1 aromatic rings. The van der Waals surface area contributed by atoms with Gasteiger partial charge in [0, 0.05) is 6.54 Å². The molecule has 0 saturated carbocycles. The third-order valence-electron chi connectivity index (χ3n) is 2.74. The summed E-state index contributed by atoms with van der Waals surface area (Å²) in [6.45, 7) is 2.56. The monoisotopic (exact) mass is 191 g/mol. The lowest BCUT2D eigenvalue weighted by Gasteiger charge is -2.13. The van der Waals surface area contributed by atoms with Crippen molar-refractivity contribution in [2.45, 2.75) is 32.3 Å². The topological polar surface area (TPSA) is 35.2 Å². The zero-order valence-corrected chi connectivity index (χ0v) is 8.62. The number of fused-ring (bicyclic) bond motifs is 1. The van der Waals surface area contributed by atoms with Crippen LogP contribution in [0.5, 0.6) is 5.75 Å². The second kappa shape index (κ2) is 4.01. The van der Waals surface area contributed by atoms with Gasteiger partial charge < -0.3 is 10.5 Å². The number of hydrogen-bond acceptors (Lipinski definition) is 2. The Hall–Kier alpha value is -1.02. The minimum absolute atomic E-state index is 0.106. The van der Waals surface area contributed by atoms with Gasteiger partial charge in [-0.25, -0.2) is 0 Å². The van der Waals surface area contributed by atoms with E-state index in [2.05, 4.69) is 18.2 Å². The maximum absolute atomic E-state index is 5.66. The van der Waals surface area contributed by atoms with Gasteiger partial charge in [-0.1, -0.05) is 6.07 Å². The van der Waals surface area contributed by atoms with E-state index in [1.807, 2.05) is 6.92 Å². The molecule has 14 heavy (non-hydrogen) atoms. The van der Waals surface area contributed by atoms with Gasteiger partial charge in [-0.3, -0.25) is 0 Å². The van der Waals surface area contributed by atoms with Gasteiger partial charge in [0.25, 0.3) is 0 Å². The second-order valence-electron chi connectivity index (χ2n) is 3.95. The van der Waals surface area contributed by atoms with Gasteiger partial charge >= 0.3 is 0 Å². The van der Waals surface area contributed by atoms with Crippen molar-refractivity contribution in [3.63, 3.8) is 0 Å². The summed E-state index contributed by atoms with van der Waals surface area (Å²) >= 11 is 0. The third-order valence-corrected chi connectivity index (χ3v) is 2.74. The molecule has 0 saturated heterocycles. The van der Waals surface area contributed by atoms with Crippen molar-refractivity contribution in [3.8, 4) is 5.75 Å². The first-order valence-corrected chi connectivity index (χ1v) is 5.28. The molecule has 2 rings (SSSR count). The Bertz CT molecular complexity index is 322. The van der Waals surface area contributed by atoms with Crippen molar-refractivity contribution >= 4 is 0 Å². The summed E-state index contributed by atoms with van der Waals surface area (Å²) in [5.41, 5.74) is 8.44. The number of rotatable bonds is 3. The molecule has 2 N–H and O–H groups in total. The van der Waals surface area contributed by atoms with Gasteiger partial charge in [0.15, 0.2) is 0 Å². The summed E-state index contributed by atoms with van der Waals surface area (Å²) in [5, 5.41) is 0. The second-order valence-corrected chi connectivity index (χ2v) is 3.95. The molecule has 76 valence electrons. The molecular formula is C12H17NO. The van der Waals surface area contributed by atoms with Crippen LogP contribution in [0.15, 0.2) is 18.2 Å². The van der Waals surface area contributed by atoms with Crippen LogP contribution in [0.25, 0.3) is 0 Å². The normalized spacial score (nSPS) is 16.4. The minimum atomic E-state index is 0.106. The van der Waals surface area contributed by atoms with E-state index in [4.69, 9.17) is 10.5 Å². The SMILES string of the molecule is CC(CN)Oc1ccc2c(c1)CCC2. The average Bonchev–Trinajstić information content (AvgIpc) is 2.64. The molecule has 1 aliphatic carbocycles. The Labute approximate surface area is 85.1 Å². The molecule has 0 amide bonds. The molecule has 2 heteroatoms. The van der Waals surface area contributed by atoms with Gasteiger partial charge in [-0.05, 0) is 49.4 Å². The summed E-state index contributed by atoms with van der Waals surface area (Å²) in [4.78, 5) is 0. The van der Waals surface area contributed by atoms with E-state index >= 15 is 0 Å². The predicted molar refractivity (Wildman–Crippen MR) is 57.6 cm³/mol. The number of nitrogens with two attached hydrogens (primary N) is 1. The molecule has 0 radical (unpaired) electrons. The fourth-order valence-corrected chi connectivity index (χ4v) is 1.90. The maximum atomic E-state index is 5.66. The molecule has 0 heterocycles. The standard InChI is InChI=1S/C12H17NO/c1-9(8-13)14-12-6-5-10-3-2-4-11(10)7-12/h5-7,9H,2-4,8,13H2,1H3. The van der Waals surface area contributed by atoms with E-state index in [0.29, 0.717) is 6.54 Å². The van der Waals surface area contributed by atoms with E-state index in [1.54, 1.807) is 0 Å². The third kappa shape index (κ3) is 1.90. The highest BCUT2D eigenvalue weighted by molar-refractivity contribution is 5.38. The lowest BCUT2D eigenvalue weighted by Crippen LogP contribution is -2.22. The zero-order valence-electron chi connectivity index (χ0n) is 8.62. The summed E-state index contributed by atoms with van der Waals surface area (Å²) < 4.78 is 5.66. The largest absolute Gasteiger partial charge is 0.489 e. The van der Waals surface area contributed by atoms with Crippen molar-refractivity contribution in [3.05, 3.63) is 29.3 Å². The quantitative estimate of drug-likeness (QED) is 0.792. The van der Waals surface area contributed by atoms with Crippen molar-refractivity contribution in [2.24, 2.45) is 5.73 Å². The van der Waals surface area contributed by atoms with Crippen LogP contribution in [0.1, 0.15) is 24.5 Å². The Kier molecular flexibility index (Phi) is 2.73. The molecule has 1 aromatic carbocycles. The highest BCUT2D eigenvalue weighted by Gasteiger charge is 2.11. The average molecular weight is 191 g/mol. The summed E-state index contributed by atoms with van der Waals surface area (Å²) in [6.07, 6.45) is 3.81. The highest BCUT2D eigenvalue weighted by Crippen LogP contribution is 2.26. The Morgan fingerprint density at radius 2 is 2.14 bits per heavy atom. The molecule has 1 unspecified atom stereocenters. The fourth-order valence-electron chi connectivity index (χ4n) is 1.90. The van der Waals surface area contributed by atoms with Gasteiger partial charge in [-0.2, -0.15) is 0 Å². The van der Waals surface area contributed by atoms with E-state index in [-0.39, 0.29) is 6.10 Å². The number of aryl methyl sites for hydroxylation is 2. The number of ether oxygens (including phenoxy) is 1. The van der Waals surface area contributed by atoms with E-state index in [9.17, 15) is 0 Å². The lowest BCUT2D eigenvalue weighted by molar-refractivity contribution is 0.230. The molecule has 0 spiro atoms. The molecular weight excluding hydrogens is 174 g/mol. The van der Waals surface area contributed by atoms with Crippen LogP contribution in [0.4, 0.5) is 0 Å². The van der Waals surface area contributed by atoms with Gasteiger partial charge in [-0.15, -0.1) is 0 Å². The van der Waals surface area contributed by atoms with E-state index < -0.39 is 0 Å². The Morgan fingerprint density at radius 1 is 1.36 bits per heavy atom. The summed E-state index contributed by atoms with van der Waals surface area (Å²) in [5.74, 6) is 0.962. The molecule has 0 fully saturated rings. The van der Waals surface area contributed by atoms with Crippen molar-refractivity contribution in [1.82, 2.24) is 0 Å². The van der Waals surface area contributed by atoms with E-state index in [0.717, 1.165) is 5.75 Å². The van der Waals surface area contributed by atoms with Crippen LogP contribution >= 0.6 is 0 Å². The fraction of sp³-hybridized carbons (Fsp3) is 0.500. The van der Waals surface area contributed by atoms with Gasteiger partial charge in [0.05, 0.1) is 0 Å². The van der Waals surface area contributed by atoms with Crippen molar-refractivity contribution in [2.75, 3.05) is 6.54 Å². The first-order chi connectivity index (χ1) is 6.79. The van der Waals surface area contributed by atoms with Crippen LogP contribution in [0, 0.1) is 0 Å². The Morgan fingerprint density at radius 3 is 2.93 bits per heavy atom. The Balaban J connectivity index is 2.12. The molecule has 0 aromatic heterocycles. The first kappa shape index (κ1) is 9.53. The number of benzene rings is 1. The minimum Gasteiger partial charge on any atom is -0.489 e. The lowest BCUT2D eigenvalue weighted by atomic mass is 10.1. The number of hydrogen-bond donors (Lipinski definition) is 1. The molecule has 0 bridgehead atoms. The van der Waals surface area contributed by atoms with Crippen molar-refractivity contribution < 1.29 is 4.74 Å². The van der Waals surface area contributed by atoms with Crippen LogP contribution in [0.3, 0.4) is 0 Å². The highest BCUT2D eigenvalue weighted by atomic mass is 16.5. The molecule has 1 aliphatic rings. The maximum Gasteiger partial charge on any atom is 0.120 e. The van der Waals surface area contributed by atoms with Crippen LogP contribution in [0.2, 0.25) is 0 Å². The molecule has 1 atom stereocenters. The van der Waals surface area contributed by atoms with Gasteiger partial charge in [0.2, 0.25) is 0 Å². The summed E-state index contributed by atoms with van der Waals surface area (Å²) in [7, 11) is 0. The first-order valence-electron chi connectivity index (χ1n) is 5.28. The van der Waals surface area contributed by atoms with E-state index in [1.165, 1.54) is 30.4 Å².